The van der Waals surface area contributed by atoms with Crippen LogP contribution in [0.25, 0.3) is 11.0 Å². The van der Waals surface area contributed by atoms with Crippen molar-refractivity contribution in [3.63, 3.8) is 0 Å². The van der Waals surface area contributed by atoms with Gasteiger partial charge in [0.2, 0.25) is 0 Å². The second kappa shape index (κ2) is 8.99. The number of thioether (sulfide) groups is 2. The Hall–Kier alpha value is -2.68. The van der Waals surface area contributed by atoms with E-state index in [9.17, 15) is 9.59 Å². The molecular weight excluding hydrogens is 422 g/mol. The molecule has 0 spiro atoms. The number of hydrogen-bond acceptors (Lipinski definition) is 8. The Morgan fingerprint density at radius 2 is 1.73 bits per heavy atom. The van der Waals surface area contributed by atoms with E-state index < -0.39 is 11.9 Å². The molecule has 6 nitrogen and oxygen atoms in total. The van der Waals surface area contributed by atoms with Crippen LogP contribution in [0.5, 0.6) is 23.0 Å². The van der Waals surface area contributed by atoms with Gasteiger partial charge in [-0.3, -0.25) is 0 Å². The number of esters is 2. The maximum atomic E-state index is 12.4. The molecule has 8 heteroatoms. The minimum absolute atomic E-state index is 0.291. The monoisotopic (exact) mass is 441 g/mol. The van der Waals surface area contributed by atoms with E-state index in [4.69, 9.17) is 14.2 Å². The van der Waals surface area contributed by atoms with Crippen LogP contribution in [0, 0.1) is 0 Å². The van der Waals surface area contributed by atoms with Crippen LogP contribution < -0.4 is 19.5 Å². The molecule has 2 bridgehead atoms. The summed E-state index contributed by atoms with van der Waals surface area (Å²) in [6.07, 6.45) is 6.00. The Morgan fingerprint density at radius 1 is 0.967 bits per heavy atom. The van der Waals surface area contributed by atoms with Gasteiger partial charge in [-0.05, 0) is 25.4 Å². The van der Waals surface area contributed by atoms with Crippen LogP contribution in [-0.4, -0.2) is 37.5 Å². The molecule has 0 unspecified atom stereocenters. The Balaban J connectivity index is 1.96. The summed E-state index contributed by atoms with van der Waals surface area (Å²) in [6.45, 7) is 0.808. The van der Waals surface area contributed by atoms with Gasteiger partial charge in [-0.25, -0.2) is 9.59 Å². The first-order valence-electron chi connectivity index (χ1n) is 9.23. The average molecular weight is 442 g/mol. The lowest BCUT2D eigenvalue weighted by Gasteiger charge is -2.19. The van der Waals surface area contributed by atoms with E-state index >= 15 is 0 Å². The second-order valence-corrected chi connectivity index (χ2v) is 8.34. The lowest BCUT2D eigenvalue weighted by Crippen LogP contribution is -2.10. The highest BCUT2D eigenvalue weighted by molar-refractivity contribution is 8.08. The van der Waals surface area contributed by atoms with Gasteiger partial charge >= 0.3 is 11.9 Å². The summed E-state index contributed by atoms with van der Waals surface area (Å²) in [4.78, 5) is 25.9. The van der Waals surface area contributed by atoms with Gasteiger partial charge in [0.05, 0.1) is 10.5 Å². The first-order chi connectivity index (χ1) is 14.6. The van der Waals surface area contributed by atoms with Crippen LogP contribution in [0.1, 0.15) is 11.1 Å². The molecule has 0 fully saturated rings. The fourth-order valence-electron chi connectivity index (χ4n) is 3.09. The maximum Gasteiger partial charge on any atom is 0.336 e. The van der Waals surface area contributed by atoms with E-state index in [1.807, 2.05) is 43.6 Å². The third-order valence-corrected chi connectivity index (χ3v) is 6.26. The molecule has 0 saturated heterocycles. The largest absolute Gasteiger partial charge is 0.456 e. The van der Waals surface area contributed by atoms with Crippen LogP contribution in [-0.2, 0) is 9.59 Å². The molecule has 4 rings (SSSR count). The summed E-state index contributed by atoms with van der Waals surface area (Å²) in [5.41, 5.74) is 1.58. The zero-order valence-corrected chi connectivity index (χ0v) is 18.0. The van der Waals surface area contributed by atoms with Crippen molar-refractivity contribution in [2.45, 2.75) is 4.90 Å². The van der Waals surface area contributed by atoms with Crippen molar-refractivity contribution < 1.29 is 23.8 Å². The van der Waals surface area contributed by atoms with Gasteiger partial charge in [0.1, 0.15) is 11.5 Å². The molecule has 0 aliphatic carbocycles. The van der Waals surface area contributed by atoms with Crippen molar-refractivity contribution in [2.24, 2.45) is 0 Å². The molecule has 2 aromatic rings. The number of benzene rings is 2. The zero-order valence-electron chi connectivity index (χ0n) is 16.4. The molecule has 1 N–H and O–H groups in total. The van der Waals surface area contributed by atoms with E-state index in [1.54, 1.807) is 17.8 Å². The number of carbonyl (C=O) groups is 2. The fourth-order valence-corrected chi connectivity index (χ4v) is 4.79. The topological polar surface area (TPSA) is 73.9 Å². The van der Waals surface area contributed by atoms with Crippen molar-refractivity contribution in [3.8, 4) is 23.0 Å². The van der Waals surface area contributed by atoms with Crippen LogP contribution >= 0.6 is 23.5 Å². The van der Waals surface area contributed by atoms with E-state index in [0.717, 1.165) is 34.9 Å². The molecule has 2 aliphatic rings. The SMILES string of the molecule is CNCCSC1=Cc2ccccc2Oc2cc3c(SC)c(c21)OC(=O)/C=C\C(=O)O3. The lowest BCUT2D eigenvalue weighted by molar-refractivity contribution is -0.131. The van der Waals surface area contributed by atoms with Crippen LogP contribution in [0.4, 0.5) is 0 Å². The van der Waals surface area contributed by atoms with Gasteiger partial charge < -0.3 is 19.5 Å². The smallest absolute Gasteiger partial charge is 0.336 e. The molecule has 0 aromatic heterocycles. The number of rotatable bonds is 5. The van der Waals surface area contributed by atoms with Crippen molar-refractivity contribution in [2.75, 3.05) is 25.6 Å². The third kappa shape index (κ3) is 4.12. The molecule has 2 aliphatic heterocycles. The fraction of sp³-hybridized carbons (Fsp3) is 0.182. The van der Waals surface area contributed by atoms with Gasteiger partial charge in [-0.2, -0.15) is 0 Å². The quantitative estimate of drug-likeness (QED) is 0.318. The Kier molecular flexibility index (Phi) is 6.17. The number of hydrogen-bond donors (Lipinski definition) is 1. The van der Waals surface area contributed by atoms with Gasteiger partial charge in [0.15, 0.2) is 11.5 Å². The third-order valence-electron chi connectivity index (χ3n) is 4.42. The van der Waals surface area contributed by atoms with Crippen molar-refractivity contribution in [3.05, 3.63) is 53.6 Å². The van der Waals surface area contributed by atoms with Gasteiger partial charge in [-0.15, -0.1) is 23.5 Å². The highest BCUT2D eigenvalue weighted by Gasteiger charge is 2.29. The molecule has 0 atom stereocenters. The maximum absolute atomic E-state index is 12.4. The van der Waals surface area contributed by atoms with Crippen LogP contribution in [0.3, 0.4) is 0 Å². The minimum Gasteiger partial charge on any atom is -0.456 e. The Labute approximate surface area is 182 Å². The predicted molar refractivity (Wildman–Crippen MR) is 119 cm³/mol. The molecular formula is C22H19NO5S2. The lowest BCUT2D eigenvalue weighted by atomic mass is 10.1. The highest BCUT2D eigenvalue weighted by Crippen LogP contribution is 2.53. The summed E-state index contributed by atoms with van der Waals surface area (Å²) in [5, 5.41) is 3.14. The number of ether oxygens (including phenoxy) is 3. The Morgan fingerprint density at radius 3 is 2.50 bits per heavy atom. The molecule has 0 radical (unpaired) electrons. The van der Waals surface area contributed by atoms with E-state index in [2.05, 4.69) is 5.32 Å². The summed E-state index contributed by atoms with van der Waals surface area (Å²) in [6, 6.07) is 9.35. The van der Waals surface area contributed by atoms with Crippen molar-refractivity contribution in [1.82, 2.24) is 5.32 Å². The first kappa shape index (κ1) is 20.6. The van der Waals surface area contributed by atoms with Gasteiger partial charge in [-0.1, -0.05) is 18.2 Å². The second-order valence-electron chi connectivity index (χ2n) is 6.39. The van der Waals surface area contributed by atoms with E-state index in [1.165, 1.54) is 11.8 Å². The van der Waals surface area contributed by atoms with E-state index in [-0.39, 0.29) is 0 Å². The number of nitrogens with one attached hydrogen (secondary N) is 1. The number of carbonyl (C=O) groups excluding carboxylic acids is 2. The highest BCUT2D eigenvalue weighted by atomic mass is 32.2. The van der Waals surface area contributed by atoms with Crippen LogP contribution in [0.15, 0.2) is 47.4 Å². The summed E-state index contributed by atoms with van der Waals surface area (Å²) < 4.78 is 17.4. The zero-order chi connectivity index (χ0) is 21.1. The van der Waals surface area contributed by atoms with Crippen LogP contribution in [0.2, 0.25) is 0 Å². The summed E-state index contributed by atoms with van der Waals surface area (Å²) >= 11 is 2.97. The number of fused-ring (bicyclic) bond motifs is 5. The minimum atomic E-state index is -0.650. The molecule has 2 heterocycles. The normalized spacial score (nSPS) is 15.7. The first-order valence-corrected chi connectivity index (χ1v) is 11.4. The van der Waals surface area contributed by atoms with E-state index in [0.29, 0.717) is 33.5 Å². The molecule has 154 valence electrons. The number of para-hydroxylation sites is 1. The molecule has 0 saturated carbocycles. The summed E-state index contributed by atoms with van der Waals surface area (Å²) in [5.74, 6) is 1.27. The van der Waals surface area contributed by atoms with Gasteiger partial charge in [0.25, 0.3) is 0 Å². The molecule has 0 amide bonds. The molecule has 30 heavy (non-hydrogen) atoms. The molecule has 2 aromatic carbocycles. The standard InChI is InChI=1S/C22H19NO5S2/c1-23-9-10-30-17-11-13-5-3-4-6-14(13)26-15-12-16-22(29-2)21(20(15)17)28-19(25)8-7-18(24)27-16/h3-8,11-12,23H,9-10H2,1-2H3/b8-7-. The van der Waals surface area contributed by atoms with Crippen molar-refractivity contribution in [1.29, 1.82) is 0 Å². The Bertz CT molecular complexity index is 1080. The summed E-state index contributed by atoms with van der Waals surface area (Å²) in [7, 11) is 1.90. The van der Waals surface area contributed by atoms with Crippen molar-refractivity contribution >= 4 is 46.4 Å². The van der Waals surface area contributed by atoms with Gasteiger partial charge in [0, 0.05) is 41.0 Å². The average Bonchev–Trinajstić information content (AvgIpc) is 2.86. The predicted octanol–water partition coefficient (Wildman–Crippen LogP) is 4.35.